The summed E-state index contributed by atoms with van der Waals surface area (Å²) in [5, 5.41) is 0. The normalized spacial score (nSPS) is 47.1. The fourth-order valence-corrected chi connectivity index (χ4v) is 4.72. The standard InChI is InChI=1S/C13H21NO/c14-7-12(15)6-13-10-2-8-1-9(4-10)5-11(13)3-8/h8-11,13H,1-7,14H2. The molecule has 0 aromatic rings. The molecule has 2 nitrogen and oxygen atoms in total. The maximum atomic E-state index is 11.5. The van der Waals surface area contributed by atoms with Gasteiger partial charge in [0.15, 0.2) is 0 Å². The average molecular weight is 207 g/mol. The zero-order valence-corrected chi connectivity index (χ0v) is 9.32. The first-order valence-electron chi connectivity index (χ1n) is 6.48. The van der Waals surface area contributed by atoms with Crippen LogP contribution in [-0.4, -0.2) is 12.3 Å². The van der Waals surface area contributed by atoms with Gasteiger partial charge in [-0.15, -0.1) is 0 Å². The highest BCUT2D eigenvalue weighted by Gasteiger charge is 2.48. The molecule has 0 heterocycles. The van der Waals surface area contributed by atoms with Crippen LogP contribution in [0.5, 0.6) is 0 Å². The quantitative estimate of drug-likeness (QED) is 0.769. The van der Waals surface area contributed by atoms with Gasteiger partial charge < -0.3 is 5.73 Å². The van der Waals surface area contributed by atoms with Crippen LogP contribution in [0, 0.1) is 29.6 Å². The number of Topliss-reactive ketones (excluding diaryl/α,β-unsaturated/α-hetero) is 1. The fourth-order valence-electron chi connectivity index (χ4n) is 4.72. The molecule has 2 heteroatoms. The highest BCUT2D eigenvalue weighted by Crippen LogP contribution is 2.57. The van der Waals surface area contributed by atoms with Crippen LogP contribution in [0.4, 0.5) is 0 Å². The number of nitrogens with two attached hydrogens (primary N) is 1. The van der Waals surface area contributed by atoms with Crippen molar-refractivity contribution in [3.63, 3.8) is 0 Å². The molecule has 0 amide bonds. The molecule has 4 aliphatic rings. The van der Waals surface area contributed by atoms with Crippen LogP contribution in [0.1, 0.15) is 38.5 Å². The lowest BCUT2D eigenvalue weighted by atomic mass is 9.51. The first-order valence-corrected chi connectivity index (χ1v) is 6.48. The van der Waals surface area contributed by atoms with E-state index in [1.807, 2.05) is 0 Å². The van der Waals surface area contributed by atoms with Gasteiger partial charge >= 0.3 is 0 Å². The Morgan fingerprint density at radius 2 is 1.53 bits per heavy atom. The van der Waals surface area contributed by atoms with Crippen molar-refractivity contribution in [1.82, 2.24) is 0 Å². The fraction of sp³-hybridized carbons (Fsp3) is 0.923. The van der Waals surface area contributed by atoms with Crippen LogP contribution >= 0.6 is 0 Å². The minimum atomic E-state index is 0.253. The van der Waals surface area contributed by atoms with Crippen LogP contribution in [0.3, 0.4) is 0 Å². The molecule has 4 saturated carbocycles. The van der Waals surface area contributed by atoms with Gasteiger partial charge in [0.1, 0.15) is 5.78 Å². The first-order chi connectivity index (χ1) is 7.26. The van der Waals surface area contributed by atoms with E-state index in [4.69, 9.17) is 5.73 Å². The number of carbonyl (C=O) groups excluding carboxylic acids is 1. The molecule has 0 atom stereocenters. The molecular weight excluding hydrogens is 186 g/mol. The molecule has 0 saturated heterocycles. The summed E-state index contributed by atoms with van der Waals surface area (Å²) in [5.74, 6) is 4.75. The summed E-state index contributed by atoms with van der Waals surface area (Å²) in [6, 6.07) is 0. The molecule has 4 aliphatic carbocycles. The average Bonchev–Trinajstić information content (AvgIpc) is 2.22. The third-order valence-corrected chi connectivity index (χ3v) is 5.11. The van der Waals surface area contributed by atoms with Crippen LogP contribution in [0.2, 0.25) is 0 Å². The highest BCUT2D eigenvalue weighted by atomic mass is 16.1. The van der Waals surface area contributed by atoms with E-state index < -0.39 is 0 Å². The summed E-state index contributed by atoms with van der Waals surface area (Å²) >= 11 is 0. The molecule has 0 aromatic heterocycles. The summed E-state index contributed by atoms with van der Waals surface area (Å²) in [6.45, 7) is 0.253. The van der Waals surface area contributed by atoms with Gasteiger partial charge in [0.25, 0.3) is 0 Å². The summed E-state index contributed by atoms with van der Waals surface area (Å²) < 4.78 is 0. The Morgan fingerprint density at radius 1 is 1.00 bits per heavy atom. The Hall–Kier alpha value is -0.370. The van der Waals surface area contributed by atoms with Crippen LogP contribution < -0.4 is 5.73 Å². The molecule has 0 aliphatic heterocycles. The Morgan fingerprint density at radius 3 is 2.00 bits per heavy atom. The van der Waals surface area contributed by atoms with E-state index in [0.717, 1.165) is 30.1 Å². The van der Waals surface area contributed by atoms with Crippen LogP contribution in [0.25, 0.3) is 0 Å². The summed E-state index contributed by atoms with van der Waals surface area (Å²) in [4.78, 5) is 11.5. The van der Waals surface area contributed by atoms with E-state index >= 15 is 0 Å². The SMILES string of the molecule is NCC(=O)CC1C2CC3CC(C2)CC1C3. The summed E-state index contributed by atoms with van der Waals surface area (Å²) in [7, 11) is 0. The van der Waals surface area contributed by atoms with Crippen molar-refractivity contribution >= 4 is 5.78 Å². The van der Waals surface area contributed by atoms with Gasteiger partial charge in [0.2, 0.25) is 0 Å². The van der Waals surface area contributed by atoms with Gasteiger partial charge in [-0.25, -0.2) is 0 Å². The molecule has 0 aromatic carbocycles. The zero-order valence-electron chi connectivity index (χ0n) is 9.32. The second-order valence-electron chi connectivity index (χ2n) is 6.04. The van der Waals surface area contributed by atoms with E-state index in [0.29, 0.717) is 5.92 Å². The maximum Gasteiger partial charge on any atom is 0.146 e. The minimum absolute atomic E-state index is 0.253. The van der Waals surface area contributed by atoms with E-state index in [1.165, 1.54) is 32.1 Å². The van der Waals surface area contributed by atoms with E-state index in [1.54, 1.807) is 0 Å². The van der Waals surface area contributed by atoms with E-state index in [2.05, 4.69) is 0 Å². The lowest BCUT2D eigenvalue weighted by Gasteiger charge is -2.54. The molecule has 4 rings (SSSR count). The Bertz CT molecular complexity index is 246. The largest absolute Gasteiger partial charge is 0.324 e. The van der Waals surface area contributed by atoms with Gasteiger partial charge in [-0.05, 0) is 61.7 Å². The Kier molecular flexibility index (Phi) is 2.35. The second-order valence-corrected chi connectivity index (χ2v) is 6.04. The molecular formula is C13H21NO. The van der Waals surface area contributed by atoms with E-state index in [9.17, 15) is 4.79 Å². The number of hydrogen-bond donors (Lipinski definition) is 1. The maximum absolute atomic E-state index is 11.5. The monoisotopic (exact) mass is 207 g/mol. The van der Waals surface area contributed by atoms with E-state index in [-0.39, 0.29) is 12.3 Å². The highest BCUT2D eigenvalue weighted by molar-refractivity contribution is 5.80. The summed E-state index contributed by atoms with van der Waals surface area (Å²) in [5.41, 5.74) is 5.43. The van der Waals surface area contributed by atoms with Crippen molar-refractivity contribution < 1.29 is 4.79 Å². The summed E-state index contributed by atoms with van der Waals surface area (Å²) in [6.07, 6.45) is 7.92. The topological polar surface area (TPSA) is 43.1 Å². The molecule has 2 N–H and O–H groups in total. The number of rotatable bonds is 3. The van der Waals surface area contributed by atoms with Gasteiger partial charge in [-0.2, -0.15) is 0 Å². The van der Waals surface area contributed by atoms with Gasteiger partial charge in [-0.3, -0.25) is 4.79 Å². The molecule has 4 bridgehead atoms. The van der Waals surface area contributed by atoms with Crippen molar-refractivity contribution in [3.05, 3.63) is 0 Å². The molecule has 84 valence electrons. The third kappa shape index (κ3) is 1.63. The second kappa shape index (κ2) is 3.58. The van der Waals surface area contributed by atoms with Crippen LogP contribution in [0.15, 0.2) is 0 Å². The first kappa shape index (κ1) is 9.83. The lowest BCUT2D eigenvalue weighted by molar-refractivity contribution is -0.122. The number of hydrogen-bond acceptors (Lipinski definition) is 2. The van der Waals surface area contributed by atoms with Gasteiger partial charge in [-0.1, -0.05) is 0 Å². The van der Waals surface area contributed by atoms with Gasteiger partial charge in [0.05, 0.1) is 6.54 Å². The third-order valence-electron chi connectivity index (χ3n) is 5.11. The Balaban J connectivity index is 1.72. The number of ketones is 1. The predicted octanol–water partition coefficient (Wildman–Crippen LogP) is 1.98. The molecule has 0 spiro atoms. The zero-order chi connectivity index (χ0) is 10.4. The van der Waals surface area contributed by atoms with Crippen LogP contribution in [-0.2, 0) is 4.79 Å². The van der Waals surface area contributed by atoms with Crippen molar-refractivity contribution in [2.75, 3.05) is 6.54 Å². The van der Waals surface area contributed by atoms with Crippen molar-refractivity contribution in [3.8, 4) is 0 Å². The molecule has 15 heavy (non-hydrogen) atoms. The lowest BCUT2D eigenvalue weighted by Crippen LogP contribution is -2.46. The predicted molar refractivity (Wildman–Crippen MR) is 59.2 cm³/mol. The van der Waals surface area contributed by atoms with Crippen molar-refractivity contribution in [2.45, 2.75) is 38.5 Å². The van der Waals surface area contributed by atoms with Crippen molar-refractivity contribution in [1.29, 1.82) is 0 Å². The van der Waals surface area contributed by atoms with Crippen molar-refractivity contribution in [2.24, 2.45) is 35.3 Å². The molecule has 0 unspecified atom stereocenters. The molecule has 0 radical (unpaired) electrons. The smallest absolute Gasteiger partial charge is 0.146 e. The minimum Gasteiger partial charge on any atom is -0.324 e. The Labute approximate surface area is 91.6 Å². The number of carbonyl (C=O) groups is 1. The van der Waals surface area contributed by atoms with Gasteiger partial charge in [0, 0.05) is 6.42 Å². The molecule has 4 fully saturated rings.